The van der Waals surface area contributed by atoms with Gasteiger partial charge < -0.3 is 5.32 Å². The summed E-state index contributed by atoms with van der Waals surface area (Å²) in [6.07, 6.45) is -2.79. The summed E-state index contributed by atoms with van der Waals surface area (Å²) in [7, 11) is 0. The molecule has 1 aromatic carbocycles. The van der Waals surface area contributed by atoms with Crippen LogP contribution in [0.4, 0.5) is 18.9 Å². The van der Waals surface area contributed by atoms with Gasteiger partial charge in [-0.2, -0.15) is 13.2 Å². The van der Waals surface area contributed by atoms with E-state index in [1.807, 2.05) is 0 Å². The van der Waals surface area contributed by atoms with Crippen LogP contribution in [0.25, 0.3) is 0 Å². The van der Waals surface area contributed by atoms with Gasteiger partial charge in [0.2, 0.25) is 0 Å². The molecule has 1 rings (SSSR count). The number of primary amides is 1. The highest BCUT2D eigenvalue weighted by atomic mass is 35.5. The van der Waals surface area contributed by atoms with Crippen LogP contribution in [0, 0.1) is 0 Å². The van der Waals surface area contributed by atoms with E-state index in [9.17, 15) is 18.0 Å². The molecule has 0 saturated carbocycles. The molecule has 0 spiro atoms. The number of hydrogen-bond acceptors (Lipinski definition) is 2. The third kappa shape index (κ3) is 5.79. The summed E-state index contributed by atoms with van der Waals surface area (Å²) in [5.41, 5.74) is -1.13. The van der Waals surface area contributed by atoms with Gasteiger partial charge in [-0.25, -0.2) is 10.1 Å². The van der Waals surface area contributed by atoms with Crippen LogP contribution in [0.2, 0.25) is 10.0 Å². The van der Waals surface area contributed by atoms with E-state index in [0.717, 1.165) is 5.32 Å². The minimum atomic E-state index is -4.77. The molecule has 0 atom stereocenters. The molecule has 0 aliphatic carbocycles. The van der Waals surface area contributed by atoms with Crippen molar-refractivity contribution in [1.29, 1.82) is 0 Å². The summed E-state index contributed by atoms with van der Waals surface area (Å²) in [6, 6.07) is 4.10. The van der Waals surface area contributed by atoms with Gasteiger partial charge >= 0.3 is 12.1 Å². The Morgan fingerprint density at radius 2 is 1.86 bits per heavy atom. The van der Waals surface area contributed by atoms with Crippen molar-refractivity contribution in [2.75, 3.05) is 6.54 Å². The molecule has 0 aliphatic heterocycles. The maximum Gasteiger partial charge on any atom is 0.427 e. The van der Waals surface area contributed by atoms with Crippen LogP contribution in [-0.4, -0.2) is 18.6 Å². The summed E-state index contributed by atoms with van der Waals surface area (Å²) in [5, 5.41) is 3.62. The molecule has 3 nitrogen and oxygen atoms in total. The molecule has 0 radical (unpaired) electrons. The summed E-state index contributed by atoms with van der Waals surface area (Å²) in [4.78, 5) is 11.8. The molecular formula is C13H12Cl2F3N2O+. The van der Waals surface area contributed by atoms with Gasteiger partial charge in [-0.05, 0) is 6.07 Å². The highest BCUT2D eigenvalue weighted by Gasteiger charge is 2.41. The smallest absolute Gasteiger partial charge is 0.387 e. The van der Waals surface area contributed by atoms with Crippen LogP contribution in [0.15, 0.2) is 42.6 Å². The SMILES string of the molecule is C=CCNC=C(C(=O)[NH2+]c1cc(Cl)cc(Cl)c1)C(F)(F)F. The molecule has 0 fully saturated rings. The zero-order valence-electron chi connectivity index (χ0n) is 10.7. The molecule has 0 unspecified atom stereocenters. The van der Waals surface area contributed by atoms with E-state index >= 15 is 0 Å². The Hall–Kier alpha value is -1.50. The molecule has 0 bridgehead atoms. The van der Waals surface area contributed by atoms with Crippen molar-refractivity contribution in [1.82, 2.24) is 5.32 Å². The van der Waals surface area contributed by atoms with Crippen LogP contribution >= 0.6 is 23.2 Å². The lowest BCUT2D eigenvalue weighted by molar-refractivity contribution is -0.480. The first-order valence-electron chi connectivity index (χ1n) is 5.71. The predicted octanol–water partition coefficient (Wildman–Crippen LogP) is 2.94. The number of nitrogens with two attached hydrogens (primary N) is 1. The lowest BCUT2D eigenvalue weighted by Crippen LogP contribution is -2.83. The minimum absolute atomic E-state index is 0.107. The maximum absolute atomic E-state index is 12.8. The van der Waals surface area contributed by atoms with E-state index in [0.29, 0.717) is 6.20 Å². The maximum atomic E-state index is 12.8. The summed E-state index contributed by atoms with van der Waals surface area (Å²) >= 11 is 11.5. The molecule has 8 heteroatoms. The second-order valence-corrected chi connectivity index (χ2v) is 4.84. The van der Waals surface area contributed by atoms with Crippen LogP contribution in [0.3, 0.4) is 0 Å². The Kier molecular flexibility index (Phi) is 6.26. The minimum Gasteiger partial charge on any atom is -0.387 e. The lowest BCUT2D eigenvalue weighted by atomic mass is 10.2. The molecule has 0 aromatic heterocycles. The highest BCUT2D eigenvalue weighted by molar-refractivity contribution is 6.34. The van der Waals surface area contributed by atoms with Crippen LogP contribution in [0.1, 0.15) is 0 Å². The topological polar surface area (TPSA) is 45.7 Å². The number of quaternary nitrogens is 1. The molecule has 21 heavy (non-hydrogen) atoms. The van der Waals surface area contributed by atoms with Gasteiger partial charge in [-0.15, -0.1) is 6.58 Å². The Morgan fingerprint density at radius 1 is 1.29 bits per heavy atom. The third-order valence-electron chi connectivity index (χ3n) is 2.26. The van der Waals surface area contributed by atoms with Crippen molar-refractivity contribution in [3.05, 3.63) is 52.7 Å². The number of rotatable bonds is 5. The fourth-order valence-electron chi connectivity index (χ4n) is 1.42. The lowest BCUT2D eigenvalue weighted by Gasteiger charge is -2.09. The molecular weight excluding hydrogens is 328 g/mol. The number of carbonyl (C=O) groups is 1. The van der Waals surface area contributed by atoms with E-state index in [4.69, 9.17) is 23.2 Å². The molecule has 1 amide bonds. The van der Waals surface area contributed by atoms with Crippen LogP contribution in [-0.2, 0) is 4.79 Å². The number of carbonyl (C=O) groups excluding carboxylic acids is 1. The fourth-order valence-corrected chi connectivity index (χ4v) is 1.97. The van der Waals surface area contributed by atoms with Crippen molar-refractivity contribution < 1.29 is 23.3 Å². The highest BCUT2D eigenvalue weighted by Crippen LogP contribution is 2.25. The number of amides is 1. The van der Waals surface area contributed by atoms with E-state index in [-0.39, 0.29) is 22.3 Å². The fraction of sp³-hybridized carbons (Fsp3) is 0.154. The molecule has 0 heterocycles. The number of benzene rings is 1. The van der Waals surface area contributed by atoms with Gasteiger partial charge in [0.1, 0.15) is 5.69 Å². The Labute approximate surface area is 129 Å². The molecule has 0 aliphatic rings. The average molecular weight is 340 g/mol. The first-order valence-corrected chi connectivity index (χ1v) is 6.46. The monoisotopic (exact) mass is 339 g/mol. The van der Waals surface area contributed by atoms with Crippen molar-refractivity contribution >= 4 is 34.8 Å². The number of nitrogens with one attached hydrogen (secondary N) is 1. The van der Waals surface area contributed by atoms with Crippen molar-refractivity contribution in [2.45, 2.75) is 6.18 Å². The standard InChI is InChI=1S/C13H11Cl2F3N2O/c1-2-3-19-7-11(13(16,17)18)12(21)20-10-5-8(14)4-9(15)6-10/h2,4-7,19H,1,3H2,(H,20,21)/p+1. The molecule has 114 valence electrons. The first kappa shape index (κ1) is 17.6. The second kappa shape index (κ2) is 7.49. The molecule has 0 saturated heterocycles. The summed E-state index contributed by atoms with van der Waals surface area (Å²) in [6.45, 7) is 3.46. The molecule has 1 aromatic rings. The Bertz CT molecular complexity index is 551. The van der Waals surface area contributed by atoms with Crippen LogP contribution < -0.4 is 10.6 Å². The Balaban J connectivity index is 2.95. The Morgan fingerprint density at radius 3 is 2.33 bits per heavy atom. The summed E-state index contributed by atoms with van der Waals surface area (Å²) < 4.78 is 38.5. The molecule has 3 N–H and O–H groups in total. The predicted molar refractivity (Wildman–Crippen MR) is 75.4 cm³/mol. The van der Waals surface area contributed by atoms with Gasteiger partial charge in [-0.1, -0.05) is 29.3 Å². The van der Waals surface area contributed by atoms with E-state index in [2.05, 4.69) is 11.9 Å². The number of halogens is 5. The quantitative estimate of drug-likeness (QED) is 0.375. The zero-order valence-corrected chi connectivity index (χ0v) is 12.2. The van der Waals surface area contributed by atoms with E-state index in [1.165, 1.54) is 24.3 Å². The van der Waals surface area contributed by atoms with Crippen molar-refractivity contribution in [3.8, 4) is 0 Å². The largest absolute Gasteiger partial charge is 0.427 e. The third-order valence-corrected chi connectivity index (χ3v) is 2.70. The normalized spacial score (nSPS) is 12.1. The average Bonchev–Trinajstić information content (AvgIpc) is 2.31. The van der Waals surface area contributed by atoms with Crippen molar-refractivity contribution in [3.63, 3.8) is 0 Å². The van der Waals surface area contributed by atoms with E-state index < -0.39 is 17.7 Å². The van der Waals surface area contributed by atoms with Crippen molar-refractivity contribution in [2.24, 2.45) is 0 Å². The number of hydrogen-bond donors (Lipinski definition) is 2. The van der Waals surface area contributed by atoms with Gasteiger partial charge in [0.25, 0.3) is 0 Å². The van der Waals surface area contributed by atoms with Gasteiger partial charge in [0.15, 0.2) is 5.57 Å². The number of alkyl halides is 3. The van der Waals surface area contributed by atoms with Gasteiger partial charge in [-0.3, -0.25) is 0 Å². The summed E-state index contributed by atoms with van der Waals surface area (Å²) in [5.74, 6) is -1.20. The van der Waals surface area contributed by atoms with Gasteiger partial charge in [0.05, 0.1) is 0 Å². The van der Waals surface area contributed by atoms with E-state index in [1.54, 1.807) is 0 Å². The zero-order chi connectivity index (χ0) is 16.0. The first-order chi connectivity index (χ1) is 9.74. The van der Waals surface area contributed by atoms with Crippen LogP contribution in [0.5, 0.6) is 0 Å². The second-order valence-electron chi connectivity index (χ2n) is 3.96. The van der Waals surface area contributed by atoms with Gasteiger partial charge in [0, 0.05) is 34.9 Å².